The van der Waals surface area contributed by atoms with Crippen molar-refractivity contribution in [2.45, 2.75) is 33.7 Å². The first-order valence-electron chi connectivity index (χ1n) is 10.6. The molecule has 0 bridgehead atoms. The zero-order valence-electron chi connectivity index (χ0n) is 18.5. The molecule has 2 aliphatic heterocycles. The second-order valence-corrected chi connectivity index (χ2v) is 7.89. The molecule has 170 valence electrons. The summed E-state index contributed by atoms with van der Waals surface area (Å²) in [5.41, 5.74) is 20.8. The Hall–Kier alpha value is -2.71. The molecule has 1 aromatic carbocycles. The summed E-state index contributed by atoms with van der Waals surface area (Å²) in [5.74, 6) is 0.611. The summed E-state index contributed by atoms with van der Waals surface area (Å²) in [5, 5.41) is 6.95. The van der Waals surface area contributed by atoms with E-state index >= 15 is 0 Å². The number of halogens is 1. The third-order valence-corrected chi connectivity index (χ3v) is 5.39. The predicted molar refractivity (Wildman–Crippen MR) is 127 cm³/mol. The van der Waals surface area contributed by atoms with Crippen molar-refractivity contribution in [3.63, 3.8) is 0 Å². The molecule has 8 N–H and O–H groups in total. The van der Waals surface area contributed by atoms with Crippen LogP contribution >= 0.6 is 11.6 Å². The number of rotatable bonds is 6. The van der Waals surface area contributed by atoms with Gasteiger partial charge in [0.15, 0.2) is 0 Å². The standard InChI is InChI=1S/C20H28ClN7O.C2H6/c1-12-2-3-15(21)14(6-12)11-28-5-4-26-19(24)17(28)8-16(22)20(29)27-18(23)7-13-9-25-10-13;1-2/h2-3,6,8,13,25-26H,4-5,7,9-11,22,24H2,1H3,(H2,23,27,29);1-2H3/b16-8-;. The van der Waals surface area contributed by atoms with Gasteiger partial charge in [0.05, 0.1) is 5.70 Å². The van der Waals surface area contributed by atoms with Crippen molar-refractivity contribution in [2.24, 2.45) is 28.1 Å². The van der Waals surface area contributed by atoms with E-state index < -0.39 is 5.91 Å². The fourth-order valence-corrected chi connectivity index (χ4v) is 3.49. The van der Waals surface area contributed by atoms with Crippen LogP contribution in [0.15, 0.2) is 46.5 Å². The lowest BCUT2D eigenvalue weighted by molar-refractivity contribution is -0.114. The van der Waals surface area contributed by atoms with Gasteiger partial charge in [-0.2, -0.15) is 4.99 Å². The Morgan fingerprint density at radius 2 is 2.03 bits per heavy atom. The number of nitrogens with two attached hydrogens (primary N) is 3. The second-order valence-electron chi connectivity index (χ2n) is 7.48. The van der Waals surface area contributed by atoms with E-state index in [2.05, 4.69) is 15.6 Å². The second kappa shape index (κ2) is 11.6. The molecule has 0 radical (unpaired) electrons. The van der Waals surface area contributed by atoms with E-state index in [9.17, 15) is 4.79 Å². The lowest BCUT2D eigenvalue weighted by Crippen LogP contribution is -2.44. The average molecular weight is 448 g/mol. The normalized spacial score (nSPS) is 17.5. The van der Waals surface area contributed by atoms with E-state index in [0.717, 1.165) is 24.2 Å². The maximum absolute atomic E-state index is 12.4. The number of benzene rings is 1. The Balaban J connectivity index is 0.00000166. The van der Waals surface area contributed by atoms with Gasteiger partial charge in [0.2, 0.25) is 0 Å². The molecule has 1 saturated heterocycles. The number of hydrogen-bond donors (Lipinski definition) is 5. The zero-order valence-corrected chi connectivity index (χ0v) is 19.3. The summed E-state index contributed by atoms with van der Waals surface area (Å²) in [4.78, 5) is 18.4. The van der Waals surface area contributed by atoms with Gasteiger partial charge in [0.25, 0.3) is 5.91 Å². The van der Waals surface area contributed by atoms with Gasteiger partial charge in [0, 0.05) is 31.1 Å². The minimum atomic E-state index is -0.561. The van der Waals surface area contributed by atoms with Gasteiger partial charge >= 0.3 is 0 Å². The lowest BCUT2D eigenvalue weighted by atomic mass is 9.99. The fraction of sp³-hybridized carbons (Fsp3) is 0.455. The van der Waals surface area contributed by atoms with Crippen LogP contribution in [-0.4, -0.2) is 42.8 Å². The first-order chi connectivity index (χ1) is 14.8. The van der Waals surface area contributed by atoms with Crippen molar-refractivity contribution in [1.82, 2.24) is 15.5 Å². The quantitative estimate of drug-likeness (QED) is 0.253. The maximum Gasteiger partial charge on any atom is 0.294 e. The van der Waals surface area contributed by atoms with Gasteiger partial charge < -0.3 is 32.7 Å². The Morgan fingerprint density at radius 1 is 1.32 bits per heavy atom. The molecule has 2 aliphatic rings. The Labute approximate surface area is 189 Å². The number of hydrogen-bond acceptors (Lipinski definition) is 6. The lowest BCUT2D eigenvalue weighted by Gasteiger charge is -2.32. The monoisotopic (exact) mass is 447 g/mol. The number of nitrogens with zero attached hydrogens (tertiary/aromatic N) is 2. The van der Waals surface area contributed by atoms with E-state index in [-0.39, 0.29) is 5.70 Å². The molecular formula is C22H34ClN7O. The van der Waals surface area contributed by atoms with Crippen molar-refractivity contribution in [2.75, 3.05) is 26.2 Å². The first kappa shape index (κ1) is 24.6. The Morgan fingerprint density at radius 3 is 2.68 bits per heavy atom. The van der Waals surface area contributed by atoms with E-state index in [1.165, 1.54) is 0 Å². The summed E-state index contributed by atoms with van der Waals surface area (Å²) in [6.45, 7) is 9.72. The van der Waals surface area contributed by atoms with Crippen LogP contribution in [0.1, 0.15) is 31.4 Å². The molecule has 1 aromatic rings. The molecule has 1 fully saturated rings. The van der Waals surface area contributed by atoms with Crippen LogP contribution in [0.2, 0.25) is 5.02 Å². The molecule has 9 heteroatoms. The van der Waals surface area contributed by atoms with Gasteiger partial charge in [-0.15, -0.1) is 0 Å². The van der Waals surface area contributed by atoms with Crippen molar-refractivity contribution >= 4 is 23.3 Å². The minimum absolute atomic E-state index is 0.0123. The highest BCUT2D eigenvalue weighted by atomic mass is 35.5. The van der Waals surface area contributed by atoms with Gasteiger partial charge in [0.1, 0.15) is 17.4 Å². The summed E-state index contributed by atoms with van der Waals surface area (Å²) in [6.07, 6.45) is 2.13. The molecule has 0 spiro atoms. The first-order valence-corrected chi connectivity index (χ1v) is 11.0. The number of carbonyl (C=O) groups is 1. The van der Waals surface area contributed by atoms with Gasteiger partial charge in [-0.1, -0.05) is 43.1 Å². The van der Waals surface area contributed by atoms with Crippen LogP contribution in [-0.2, 0) is 11.3 Å². The molecular weight excluding hydrogens is 414 g/mol. The summed E-state index contributed by atoms with van der Waals surface area (Å²) in [7, 11) is 0. The molecule has 0 aromatic heterocycles. The smallest absolute Gasteiger partial charge is 0.294 e. The van der Waals surface area contributed by atoms with Crippen LogP contribution < -0.4 is 27.8 Å². The number of aryl methyl sites for hydroxylation is 1. The number of amides is 1. The van der Waals surface area contributed by atoms with E-state index in [4.69, 9.17) is 28.8 Å². The van der Waals surface area contributed by atoms with Crippen LogP contribution in [0, 0.1) is 12.8 Å². The molecule has 8 nitrogen and oxygen atoms in total. The van der Waals surface area contributed by atoms with Crippen molar-refractivity contribution < 1.29 is 4.79 Å². The van der Waals surface area contributed by atoms with Crippen molar-refractivity contribution in [3.05, 3.63) is 57.6 Å². The van der Waals surface area contributed by atoms with Crippen LogP contribution in [0.4, 0.5) is 0 Å². The zero-order chi connectivity index (χ0) is 23.0. The number of allylic oxidation sites excluding steroid dienone is 1. The van der Waals surface area contributed by atoms with Crippen LogP contribution in [0.3, 0.4) is 0 Å². The largest absolute Gasteiger partial charge is 0.394 e. The highest BCUT2D eigenvalue weighted by molar-refractivity contribution is 6.31. The molecule has 3 rings (SSSR count). The van der Waals surface area contributed by atoms with Gasteiger partial charge in [-0.3, -0.25) is 4.79 Å². The van der Waals surface area contributed by atoms with Crippen LogP contribution in [0.25, 0.3) is 0 Å². The van der Waals surface area contributed by atoms with E-state index in [0.29, 0.717) is 54.3 Å². The number of amidine groups is 1. The summed E-state index contributed by atoms with van der Waals surface area (Å²) < 4.78 is 0. The molecule has 31 heavy (non-hydrogen) atoms. The molecule has 1 amide bonds. The average Bonchev–Trinajstić information content (AvgIpc) is 2.71. The predicted octanol–water partition coefficient (Wildman–Crippen LogP) is 1.54. The fourth-order valence-electron chi connectivity index (χ4n) is 3.31. The maximum atomic E-state index is 12.4. The minimum Gasteiger partial charge on any atom is -0.394 e. The highest BCUT2D eigenvalue weighted by Crippen LogP contribution is 2.23. The Kier molecular flexibility index (Phi) is 9.21. The van der Waals surface area contributed by atoms with Crippen LogP contribution in [0.5, 0.6) is 0 Å². The summed E-state index contributed by atoms with van der Waals surface area (Å²) >= 11 is 6.35. The van der Waals surface area contributed by atoms with E-state index in [1.807, 2.05) is 43.9 Å². The van der Waals surface area contributed by atoms with Gasteiger partial charge in [-0.25, -0.2) is 0 Å². The van der Waals surface area contributed by atoms with E-state index in [1.54, 1.807) is 6.08 Å². The third-order valence-electron chi connectivity index (χ3n) is 5.02. The molecule has 0 saturated carbocycles. The topological polar surface area (TPSA) is 135 Å². The number of carbonyl (C=O) groups excluding carboxylic acids is 1. The Bertz CT molecular complexity index is 875. The third kappa shape index (κ3) is 6.90. The molecule has 2 heterocycles. The van der Waals surface area contributed by atoms with Gasteiger partial charge in [-0.05, 0) is 43.6 Å². The summed E-state index contributed by atoms with van der Waals surface area (Å²) in [6, 6.07) is 5.88. The number of nitrogens with one attached hydrogen (secondary N) is 2. The van der Waals surface area contributed by atoms with Crippen molar-refractivity contribution in [1.29, 1.82) is 0 Å². The molecule has 0 atom stereocenters. The highest BCUT2D eigenvalue weighted by Gasteiger charge is 2.21. The number of aliphatic imine (C=N–C) groups is 1. The SMILES string of the molecule is CC.Cc1ccc(Cl)c(CN2CCNC(N)=C2/C=C(\N)C(=O)N=C(N)CC2CNC2)c1. The molecule has 0 unspecified atom stereocenters. The molecule has 0 aliphatic carbocycles. The van der Waals surface area contributed by atoms with Crippen molar-refractivity contribution in [3.8, 4) is 0 Å².